The Morgan fingerprint density at radius 1 is 1.07 bits per heavy atom. The van der Waals surface area contributed by atoms with Gasteiger partial charge in [-0.2, -0.15) is 0 Å². The molecule has 0 saturated heterocycles. The van der Waals surface area contributed by atoms with Gasteiger partial charge in [-0.3, -0.25) is 14.6 Å². The van der Waals surface area contributed by atoms with E-state index < -0.39 is 17.6 Å². The van der Waals surface area contributed by atoms with Crippen LogP contribution in [0.3, 0.4) is 0 Å². The molecule has 10 nitrogen and oxygen atoms in total. The average molecular weight is 405 g/mol. The number of carbonyl (C=O) groups excluding carboxylic acids is 2. The number of anilines is 1. The molecule has 0 aliphatic heterocycles. The van der Waals surface area contributed by atoms with Crippen LogP contribution < -0.4 is 16.4 Å². The first-order chi connectivity index (χ1) is 14.5. The normalized spacial score (nSPS) is 10.7. The second-order valence-electron chi connectivity index (χ2n) is 6.25. The Kier molecular flexibility index (Phi) is 4.95. The van der Waals surface area contributed by atoms with Crippen LogP contribution in [-0.2, 0) is 6.54 Å². The minimum atomic E-state index is -0.653. The van der Waals surface area contributed by atoms with Crippen molar-refractivity contribution in [2.75, 3.05) is 5.32 Å². The predicted molar refractivity (Wildman–Crippen MR) is 106 cm³/mol. The van der Waals surface area contributed by atoms with E-state index in [0.717, 1.165) is 0 Å². The van der Waals surface area contributed by atoms with Crippen LogP contribution in [-0.4, -0.2) is 31.9 Å². The summed E-state index contributed by atoms with van der Waals surface area (Å²) >= 11 is 0. The molecule has 0 bridgehead atoms. The fourth-order valence-electron chi connectivity index (χ4n) is 2.84. The number of para-hydroxylation sites is 1. The van der Waals surface area contributed by atoms with E-state index in [1.165, 1.54) is 24.5 Å². The SMILES string of the molecule is O=C(NCc1ccnc(NC(=O)c2cccc3oc(=O)[nH]c23)c1)c1ncccc1O. The second kappa shape index (κ2) is 7.87. The van der Waals surface area contributed by atoms with Gasteiger partial charge < -0.3 is 20.2 Å². The van der Waals surface area contributed by atoms with Crippen molar-refractivity contribution in [1.82, 2.24) is 20.3 Å². The average Bonchev–Trinajstić information content (AvgIpc) is 3.12. The molecule has 30 heavy (non-hydrogen) atoms. The molecule has 0 saturated carbocycles. The van der Waals surface area contributed by atoms with Gasteiger partial charge in [-0.25, -0.2) is 14.8 Å². The van der Waals surface area contributed by atoms with Gasteiger partial charge in [0.2, 0.25) is 0 Å². The van der Waals surface area contributed by atoms with E-state index in [0.29, 0.717) is 11.1 Å². The largest absolute Gasteiger partial charge is 0.505 e. The maximum atomic E-state index is 12.6. The van der Waals surface area contributed by atoms with E-state index in [-0.39, 0.29) is 35.0 Å². The van der Waals surface area contributed by atoms with E-state index in [9.17, 15) is 19.5 Å². The van der Waals surface area contributed by atoms with Crippen LogP contribution in [0.2, 0.25) is 0 Å². The lowest BCUT2D eigenvalue weighted by Crippen LogP contribution is -2.24. The highest BCUT2D eigenvalue weighted by Gasteiger charge is 2.15. The molecule has 4 N–H and O–H groups in total. The topological polar surface area (TPSA) is 150 Å². The molecule has 10 heteroatoms. The fraction of sp³-hybridized carbons (Fsp3) is 0.0500. The molecule has 0 atom stereocenters. The number of benzene rings is 1. The number of rotatable bonds is 5. The van der Waals surface area contributed by atoms with E-state index in [1.807, 2.05) is 0 Å². The Morgan fingerprint density at radius 2 is 1.93 bits per heavy atom. The number of H-pyrrole nitrogens is 1. The smallest absolute Gasteiger partial charge is 0.417 e. The summed E-state index contributed by atoms with van der Waals surface area (Å²) in [5.41, 5.74) is 1.37. The molecule has 4 aromatic rings. The molecule has 0 aliphatic carbocycles. The van der Waals surface area contributed by atoms with Gasteiger partial charge in [0.05, 0.1) is 11.1 Å². The van der Waals surface area contributed by atoms with Crippen molar-refractivity contribution in [2.45, 2.75) is 6.54 Å². The van der Waals surface area contributed by atoms with Gasteiger partial charge in [0.25, 0.3) is 11.8 Å². The first-order valence-electron chi connectivity index (χ1n) is 8.81. The Labute approximate surface area is 168 Å². The standard InChI is InChI=1S/C20H15N5O5/c26-13-4-2-7-22-17(13)19(28)23-10-11-6-8-21-15(9-11)24-18(27)12-3-1-5-14-16(12)25-20(29)30-14/h1-9,26H,10H2,(H,23,28)(H,25,29)(H,21,24,27). The molecule has 0 aliphatic rings. The predicted octanol–water partition coefficient (Wildman–Crippen LogP) is 1.80. The van der Waals surface area contributed by atoms with Crippen LogP contribution in [0.1, 0.15) is 26.4 Å². The summed E-state index contributed by atoms with van der Waals surface area (Å²) in [7, 11) is 0. The van der Waals surface area contributed by atoms with E-state index >= 15 is 0 Å². The Balaban J connectivity index is 1.47. The first kappa shape index (κ1) is 18.9. The van der Waals surface area contributed by atoms with Crippen LogP contribution in [0.25, 0.3) is 11.1 Å². The number of fused-ring (bicyclic) bond motifs is 1. The molecule has 3 aromatic heterocycles. The number of nitrogens with one attached hydrogen (secondary N) is 3. The molecule has 1 aromatic carbocycles. The molecule has 0 spiro atoms. The monoisotopic (exact) mass is 405 g/mol. The molecule has 0 unspecified atom stereocenters. The minimum Gasteiger partial charge on any atom is -0.505 e. The van der Waals surface area contributed by atoms with Gasteiger partial charge in [0.1, 0.15) is 11.6 Å². The van der Waals surface area contributed by atoms with E-state index in [2.05, 4.69) is 25.6 Å². The Hall–Kier alpha value is -4.47. The van der Waals surface area contributed by atoms with Crippen molar-refractivity contribution in [2.24, 2.45) is 0 Å². The van der Waals surface area contributed by atoms with Crippen LogP contribution in [0.15, 0.2) is 64.1 Å². The number of oxazole rings is 1. The number of hydrogen-bond donors (Lipinski definition) is 4. The highest BCUT2D eigenvalue weighted by molar-refractivity contribution is 6.10. The van der Waals surface area contributed by atoms with Crippen LogP contribution in [0.5, 0.6) is 5.75 Å². The van der Waals surface area contributed by atoms with Gasteiger partial charge in [-0.05, 0) is 42.0 Å². The molecule has 0 fully saturated rings. The van der Waals surface area contributed by atoms with Crippen molar-refractivity contribution >= 4 is 28.7 Å². The number of aromatic nitrogens is 3. The summed E-state index contributed by atoms with van der Waals surface area (Å²) < 4.78 is 4.96. The molecule has 0 radical (unpaired) electrons. The molecule has 3 heterocycles. The lowest BCUT2D eigenvalue weighted by molar-refractivity contribution is 0.0942. The van der Waals surface area contributed by atoms with Crippen molar-refractivity contribution in [1.29, 1.82) is 0 Å². The number of hydrogen-bond acceptors (Lipinski definition) is 7. The van der Waals surface area contributed by atoms with Crippen molar-refractivity contribution < 1.29 is 19.1 Å². The Morgan fingerprint density at radius 3 is 2.77 bits per heavy atom. The number of nitrogens with zero attached hydrogens (tertiary/aromatic N) is 2. The zero-order chi connectivity index (χ0) is 21.1. The summed E-state index contributed by atoms with van der Waals surface area (Å²) in [6, 6.07) is 10.9. The van der Waals surface area contributed by atoms with E-state index in [4.69, 9.17) is 4.42 Å². The summed E-state index contributed by atoms with van der Waals surface area (Å²) in [4.78, 5) is 46.6. The van der Waals surface area contributed by atoms with Gasteiger partial charge in [0.15, 0.2) is 11.3 Å². The summed E-state index contributed by atoms with van der Waals surface area (Å²) in [5, 5.41) is 15.0. The quantitative estimate of drug-likeness (QED) is 0.395. The lowest BCUT2D eigenvalue weighted by atomic mass is 10.1. The van der Waals surface area contributed by atoms with Crippen molar-refractivity contribution in [3.63, 3.8) is 0 Å². The van der Waals surface area contributed by atoms with Crippen molar-refractivity contribution in [3.8, 4) is 5.75 Å². The molecular formula is C20H15N5O5. The highest BCUT2D eigenvalue weighted by atomic mass is 16.4. The fourth-order valence-corrected chi connectivity index (χ4v) is 2.84. The zero-order valence-corrected chi connectivity index (χ0v) is 15.4. The van der Waals surface area contributed by atoms with Gasteiger partial charge in [-0.1, -0.05) is 6.07 Å². The second-order valence-corrected chi connectivity index (χ2v) is 6.25. The maximum absolute atomic E-state index is 12.6. The minimum absolute atomic E-state index is 0.0812. The number of aromatic amines is 1. The number of aromatic hydroxyl groups is 1. The zero-order valence-electron chi connectivity index (χ0n) is 15.4. The maximum Gasteiger partial charge on any atom is 0.417 e. The molecular weight excluding hydrogens is 390 g/mol. The Bertz CT molecular complexity index is 1310. The first-order valence-corrected chi connectivity index (χ1v) is 8.81. The third-order valence-corrected chi connectivity index (χ3v) is 4.22. The third-order valence-electron chi connectivity index (χ3n) is 4.22. The number of carbonyl (C=O) groups is 2. The summed E-state index contributed by atoms with van der Waals surface area (Å²) in [5.74, 6) is -1.63. The van der Waals surface area contributed by atoms with Gasteiger partial charge >= 0.3 is 5.76 Å². The lowest BCUT2D eigenvalue weighted by Gasteiger charge is -2.08. The van der Waals surface area contributed by atoms with Gasteiger partial charge in [0, 0.05) is 18.9 Å². The summed E-state index contributed by atoms with van der Waals surface area (Å²) in [6.45, 7) is 0.130. The van der Waals surface area contributed by atoms with Crippen LogP contribution in [0, 0.1) is 0 Å². The van der Waals surface area contributed by atoms with E-state index in [1.54, 1.807) is 30.3 Å². The third kappa shape index (κ3) is 3.87. The molecule has 150 valence electrons. The molecule has 4 rings (SSSR count). The number of amides is 2. The molecule has 2 amide bonds. The van der Waals surface area contributed by atoms with Crippen LogP contribution in [0.4, 0.5) is 5.82 Å². The summed E-state index contributed by atoms with van der Waals surface area (Å²) in [6.07, 6.45) is 2.89. The van der Waals surface area contributed by atoms with Crippen molar-refractivity contribution in [3.05, 3.63) is 82.2 Å². The van der Waals surface area contributed by atoms with Gasteiger partial charge in [-0.15, -0.1) is 0 Å². The number of pyridine rings is 2. The highest BCUT2D eigenvalue weighted by Crippen LogP contribution is 2.17. The van der Waals surface area contributed by atoms with Crippen LogP contribution >= 0.6 is 0 Å².